The van der Waals surface area contributed by atoms with E-state index < -0.39 is 5.60 Å². The van der Waals surface area contributed by atoms with Crippen LogP contribution in [-0.4, -0.2) is 43.5 Å². The monoisotopic (exact) mass is 473 g/mol. The highest BCUT2D eigenvalue weighted by Crippen LogP contribution is 2.36. The van der Waals surface area contributed by atoms with Crippen LogP contribution in [0.15, 0.2) is 42.5 Å². The second-order valence-corrected chi connectivity index (χ2v) is 8.65. The highest BCUT2D eigenvalue weighted by molar-refractivity contribution is 7.94. The van der Waals surface area contributed by atoms with Crippen molar-refractivity contribution in [3.63, 3.8) is 0 Å². The lowest BCUT2D eigenvalue weighted by Gasteiger charge is -2.29. The summed E-state index contributed by atoms with van der Waals surface area (Å²) in [5.41, 5.74) is 0.912. The number of fused-ring (bicyclic) bond motifs is 1. The Kier molecular flexibility index (Phi) is 8.49. The minimum atomic E-state index is -1.04. The van der Waals surface area contributed by atoms with Crippen LogP contribution in [-0.2, 0) is 20.7 Å². The quantitative estimate of drug-likeness (QED) is 0.263. The molecule has 1 aliphatic rings. The van der Waals surface area contributed by atoms with Gasteiger partial charge in [-0.2, -0.15) is 0 Å². The summed E-state index contributed by atoms with van der Waals surface area (Å²) in [5, 5.41) is 0. The Hall–Kier alpha value is -2.87. The molecule has 0 saturated heterocycles. The van der Waals surface area contributed by atoms with Gasteiger partial charge in [0.15, 0.2) is 12.2 Å². The highest BCUT2D eigenvalue weighted by atomic mass is 32.2. The number of esters is 1. The van der Waals surface area contributed by atoms with E-state index in [1.54, 1.807) is 25.7 Å². The van der Waals surface area contributed by atoms with Crippen LogP contribution in [0, 0.1) is 0 Å². The lowest BCUT2D eigenvalue weighted by molar-refractivity contribution is -0.158. The van der Waals surface area contributed by atoms with Gasteiger partial charge >= 0.3 is 5.97 Å². The van der Waals surface area contributed by atoms with Gasteiger partial charge in [0.2, 0.25) is 0 Å². The third-order valence-corrected chi connectivity index (χ3v) is 5.57. The topological polar surface area (TPSA) is 74.3 Å². The molecule has 0 aromatic heterocycles. The Bertz CT molecular complexity index is 960. The highest BCUT2D eigenvalue weighted by Gasteiger charge is 2.31. The first-order valence-electron chi connectivity index (χ1n) is 11.1. The molecule has 1 amide bonds. The molecule has 0 N–H and O–H groups in total. The lowest BCUT2D eigenvalue weighted by Crippen LogP contribution is -2.39. The average molecular weight is 474 g/mol. The van der Waals surface area contributed by atoms with E-state index in [1.165, 1.54) is 17.6 Å². The van der Waals surface area contributed by atoms with Crippen molar-refractivity contribution in [2.45, 2.75) is 45.6 Å². The molecule has 0 saturated carbocycles. The normalized spacial score (nSPS) is 13.2. The molecule has 1 aliphatic heterocycles. The first-order chi connectivity index (χ1) is 15.8. The van der Waals surface area contributed by atoms with Crippen LogP contribution in [0.4, 0.5) is 5.69 Å². The molecule has 3 rings (SSSR count). The van der Waals surface area contributed by atoms with E-state index in [0.717, 1.165) is 24.9 Å². The van der Waals surface area contributed by atoms with Crippen molar-refractivity contribution in [2.75, 3.05) is 30.9 Å². The second kappa shape index (κ2) is 11.3. The Labute approximate surface area is 199 Å². The second-order valence-electron chi connectivity index (χ2n) is 8.15. The predicted octanol–water partition coefficient (Wildman–Crippen LogP) is 4.81. The van der Waals surface area contributed by atoms with Gasteiger partial charge in [0.05, 0.1) is 24.3 Å². The van der Waals surface area contributed by atoms with E-state index in [1.807, 2.05) is 48.7 Å². The van der Waals surface area contributed by atoms with Gasteiger partial charge in [-0.3, -0.25) is 4.79 Å². The number of hydrogen-bond acceptors (Lipinski definition) is 7. The van der Waals surface area contributed by atoms with Crippen LogP contribution < -0.4 is 18.6 Å². The SMILES string of the molecule is CCOC(=O)C(C)(C)Oc1ccc(CCCCN2C(=O)COc3cc(OSC)ccc32)cc1. The predicted molar refractivity (Wildman–Crippen MR) is 129 cm³/mol. The maximum atomic E-state index is 12.4. The molecule has 178 valence electrons. The van der Waals surface area contributed by atoms with Crippen LogP contribution in [0.2, 0.25) is 0 Å². The molecule has 1 heterocycles. The van der Waals surface area contributed by atoms with Gasteiger partial charge in [-0.1, -0.05) is 12.1 Å². The van der Waals surface area contributed by atoms with E-state index in [-0.39, 0.29) is 18.5 Å². The molecular formula is C25H31NO6S. The summed E-state index contributed by atoms with van der Waals surface area (Å²) in [6, 6.07) is 13.3. The average Bonchev–Trinajstić information content (AvgIpc) is 2.79. The van der Waals surface area contributed by atoms with E-state index in [4.69, 9.17) is 18.4 Å². The van der Waals surface area contributed by atoms with E-state index in [2.05, 4.69) is 0 Å². The third-order valence-electron chi connectivity index (χ3n) is 5.21. The lowest BCUT2D eigenvalue weighted by atomic mass is 10.1. The maximum Gasteiger partial charge on any atom is 0.349 e. The van der Waals surface area contributed by atoms with Crippen LogP contribution in [0.5, 0.6) is 17.2 Å². The van der Waals surface area contributed by atoms with Gasteiger partial charge in [-0.15, -0.1) is 0 Å². The van der Waals surface area contributed by atoms with Crippen molar-refractivity contribution in [1.82, 2.24) is 0 Å². The molecule has 0 aliphatic carbocycles. The van der Waals surface area contributed by atoms with Crippen LogP contribution in [0.1, 0.15) is 39.2 Å². The van der Waals surface area contributed by atoms with Crippen molar-refractivity contribution in [3.05, 3.63) is 48.0 Å². The molecule has 8 heteroatoms. The Morgan fingerprint density at radius 1 is 1.12 bits per heavy atom. The summed E-state index contributed by atoms with van der Waals surface area (Å²) < 4.78 is 21.9. The van der Waals surface area contributed by atoms with Gasteiger partial charge in [0, 0.05) is 18.9 Å². The number of carbonyl (C=O) groups excluding carboxylic acids is 2. The van der Waals surface area contributed by atoms with Crippen molar-refractivity contribution in [3.8, 4) is 17.2 Å². The molecule has 0 atom stereocenters. The molecule has 0 radical (unpaired) electrons. The number of aryl methyl sites for hydroxylation is 1. The fourth-order valence-electron chi connectivity index (χ4n) is 3.54. The third kappa shape index (κ3) is 6.57. The summed E-state index contributed by atoms with van der Waals surface area (Å²) in [6.45, 7) is 6.15. The summed E-state index contributed by atoms with van der Waals surface area (Å²) in [4.78, 5) is 26.2. The number of anilines is 1. The van der Waals surface area contributed by atoms with Crippen molar-refractivity contribution in [2.24, 2.45) is 0 Å². The summed E-state index contributed by atoms with van der Waals surface area (Å²) in [7, 11) is 0. The number of amides is 1. The Morgan fingerprint density at radius 2 is 1.85 bits per heavy atom. The maximum absolute atomic E-state index is 12.4. The van der Waals surface area contributed by atoms with Crippen molar-refractivity contribution in [1.29, 1.82) is 0 Å². The zero-order valence-electron chi connectivity index (χ0n) is 19.6. The molecular weight excluding hydrogens is 442 g/mol. The number of nitrogens with zero attached hydrogens (tertiary/aromatic N) is 1. The van der Waals surface area contributed by atoms with E-state index in [0.29, 0.717) is 30.4 Å². The van der Waals surface area contributed by atoms with E-state index >= 15 is 0 Å². The number of carbonyl (C=O) groups is 2. The molecule has 7 nitrogen and oxygen atoms in total. The molecule has 0 spiro atoms. The largest absolute Gasteiger partial charge is 0.481 e. The fourth-order valence-corrected chi connectivity index (χ4v) is 3.84. The summed E-state index contributed by atoms with van der Waals surface area (Å²) in [6.07, 6.45) is 4.53. The minimum Gasteiger partial charge on any atom is -0.481 e. The first kappa shape index (κ1) is 24.8. The summed E-state index contributed by atoms with van der Waals surface area (Å²) in [5.74, 6) is 1.57. The zero-order valence-corrected chi connectivity index (χ0v) is 20.4. The van der Waals surface area contributed by atoms with Gasteiger partial charge < -0.3 is 23.3 Å². The van der Waals surface area contributed by atoms with Crippen LogP contribution >= 0.6 is 12.0 Å². The standard InChI is InChI=1S/C25H31NO6S/c1-5-29-24(28)25(2,3)31-19-11-9-18(10-12-19)8-6-7-15-26-21-14-13-20(32-33-4)16-22(21)30-17-23(26)27/h9-14,16H,5-8,15,17H2,1-4H3. The molecule has 33 heavy (non-hydrogen) atoms. The number of rotatable bonds is 11. The molecule has 0 unspecified atom stereocenters. The first-order valence-corrected chi connectivity index (χ1v) is 12.2. The van der Waals surface area contributed by atoms with Gasteiger partial charge in [-0.05, 0) is 69.9 Å². The van der Waals surface area contributed by atoms with Crippen molar-refractivity contribution >= 4 is 29.6 Å². The fraction of sp³-hybridized carbons (Fsp3) is 0.440. The molecule has 2 aromatic carbocycles. The zero-order chi connectivity index (χ0) is 23.8. The van der Waals surface area contributed by atoms with Gasteiger partial charge in [-0.25, -0.2) is 4.79 Å². The van der Waals surface area contributed by atoms with Crippen LogP contribution in [0.3, 0.4) is 0 Å². The van der Waals surface area contributed by atoms with Gasteiger partial charge in [0.1, 0.15) is 17.2 Å². The smallest absolute Gasteiger partial charge is 0.349 e. The summed E-state index contributed by atoms with van der Waals surface area (Å²) >= 11 is 1.26. The minimum absolute atomic E-state index is 0.0354. The van der Waals surface area contributed by atoms with Crippen molar-refractivity contribution < 1.29 is 28.0 Å². The van der Waals surface area contributed by atoms with Gasteiger partial charge in [0.25, 0.3) is 5.91 Å². The molecule has 2 aromatic rings. The van der Waals surface area contributed by atoms with Crippen LogP contribution in [0.25, 0.3) is 0 Å². The molecule has 0 fully saturated rings. The number of ether oxygens (including phenoxy) is 3. The number of benzene rings is 2. The molecule has 0 bridgehead atoms. The van der Waals surface area contributed by atoms with E-state index in [9.17, 15) is 9.59 Å². The Morgan fingerprint density at radius 3 is 2.55 bits per heavy atom. The number of unbranched alkanes of at least 4 members (excludes halogenated alkanes) is 1. The number of hydrogen-bond donors (Lipinski definition) is 0. The Balaban J connectivity index is 1.50.